The summed E-state index contributed by atoms with van der Waals surface area (Å²) in [6.45, 7) is 9.19. The van der Waals surface area contributed by atoms with Gasteiger partial charge in [-0.05, 0) is 53.3 Å². The molecule has 1 heterocycles. The average Bonchev–Trinajstić information content (AvgIpc) is 3.18. The molecule has 3 heteroatoms. The quantitative estimate of drug-likeness (QED) is 0.0556. The lowest BCUT2D eigenvalue weighted by atomic mass is 9.84. The van der Waals surface area contributed by atoms with Gasteiger partial charge in [-0.3, -0.25) is 14.9 Å². The molecule has 3 nitrogen and oxygen atoms in total. The Hall–Kier alpha value is -2.16. The first-order valence-electron chi connectivity index (χ1n) is 24.5. The van der Waals surface area contributed by atoms with E-state index < -0.39 is 0 Å². The van der Waals surface area contributed by atoms with Crippen LogP contribution >= 0.6 is 0 Å². The standard InChI is InChI=1S/C52H87NO2/c1-5-9-13-17-21-23-27-31-35-43(33-29-25-19-15-11-7-3)37-45-39-47-40-46(42-49-50(47)48(41-45)51(54)53-52(49)55)38-44(34-30-26-20-16-12-8-4)36-32-28-24-22-18-14-10-6-2/h39-44H,5-38H2,1-4H3,(H,53,54,55). The Labute approximate surface area is 340 Å². The minimum Gasteiger partial charge on any atom is -0.288 e. The number of imide groups is 1. The highest BCUT2D eigenvalue weighted by Gasteiger charge is 2.27. The highest BCUT2D eigenvalue weighted by atomic mass is 16.2. The predicted octanol–water partition coefficient (Wildman–Crippen LogP) is 16.6. The molecular formula is C52H87NO2. The monoisotopic (exact) mass is 758 g/mol. The smallest absolute Gasteiger partial charge is 0.258 e. The molecule has 2 atom stereocenters. The third kappa shape index (κ3) is 19.2. The lowest BCUT2D eigenvalue weighted by molar-refractivity contribution is 0.0844. The number of amides is 2. The van der Waals surface area contributed by atoms with Gasteiger partial charge in [-0.1, -0.05) is 245 Å². The second kappa shape index (κ2) is 30.0. The Morgan fingerprint density at radius 1 is 0.382 bits per heavy atom. The summed E-state index contributed by atoms with van der Waals surface area (Å²) in [7, 11) is 0. The molecule has 0 aliphatic carbocycles. The molecule has 55 heavy (non-hydrogen) atoms. The van der Waals surface area contributed by atoms with E-state index in [9.17, 15) is 9.59 Å². The first-order valence-corrected chi connectivity index (χ1v) is 24.5. The van der Waals surface area contributed by atoms with Gasteiger partial charge in [0.15, 0.2) is 0 Å². The van der Waals surface area contributed by atoms with Gasteiger partial charge in [-0.2, -0.15) is 0 Å². The maximum absolute atomic E-state index is 13.3. The third-order valence-corrected chi connectivity index (χ3v) is 12.8. The lowest BCUT2D eigenvalue weighted by Crippen LogP contribution is -2.35. The van der Waals surface area contributed by atoms with E-state index in [1.807, 2.05) is 0 Å². The molecule has 312 valence electrons. The number of unbranched alkanes of at least 4 members (excludes halogenated alkanes) is 24. The second-order valence-electron chi connectivity index (χ2n) is 17.9. The number of nitrogens with one attached hydrogen (secondary N) is 1. The van der Waals surface area contributed by atoms with Gasteiger partial charge >= 0.3 is 0 Å². The van der Waals surface area contributed by atoms with Gasteiger partial charge in [0.25, 0.3) is 11.8 Å². The molecule has 2 aromatic carbocycles. The van der Waals surface area contributed by atoms with Crippen LogP contribution in [0.1, 0.15) is 265 Å². The summed E-state index contributed by atoms with van der Waals surface area (Å²) in [5.41, 5.74) is 3.99. The Bertz CT molecular complexity index is 1220. The van der Waals surface area contributed by atoms with Crippen molar-refractivity contribution in [1.29, 1.82) is 0 Å². The van der Waals surface area contributed by atoms with Gasteiger partial charge in [0.1, 0.15) is 0 Å². The minimum absolute atomic E-state index is 0.219. The van der Waals surface area contributed by atoms with Crippen molar-refractivity contribution in [2.24, 2.45) is 11.8 Å². The highest BCUT2D eigenvalue weighted by Crippen LogP contribution is 2.34. The highest BCUT2D eigenvalue weighted by molar-refractivity contribution is 6.25. The van der Waals surface area contributed by atoms with Crippen molar-refractivity contribution < 1.29 is 9.59 Å². The number of benzene rings is 2. The normalized spacial score (nSPS) is 13.8. The summed E-state index contributed by atoms with van der Waals surface area (Å²) in [5, 5.41) is 4.72. The van der Waals surface area contributed by atoms with E-state index >= 15 is 0 Å². The second-order valence-corrected chi connectivity index (χ2v) is 17.9. The summed E-state index contributed by atoms with van der Waals surface area (Å²) in [6, 6.07) is 9.00. The molecule has 0 saturated heterocycles. The molecule has 1 aliphatic heterocycles. The molecular weight excluding hydrogens is 671 g/mol. The van der Waals surface area contributed by atoms with Gasteiger partial charge in [-0.25, -0.2) is 0 Å². The fourth-order valence-corrected chi connectivity index (χ4v) is 9.40. The van der Waals surface area contributed by atoms with Gasteiger partial charge in [0, 0.05) is 16.5 Å². The minimum atomic E-state index is -0.219. The van der Waals surface area contributed by atoms with Gasteiger partial charge in [-0.15, -0.1) is 0 Å². The number of carbonyl (C=O) groups is 2. The maximum atomic E-state index is 13.3. The van der Waals surface area contributed by atoms with E-state index in [1.54, 1.807) is 0 Å². The first-order chi connectivity index (χ1) is 27.0. The fraction of sp³-hybridized carbons (Fsp3) is 0.769. The van der Waals surface area contributed by atoms with Crippen LogP contribution in [0.3, 0.4) is 0 Å². The number of rotatable bonds is 36. The molecule has 0 aromatic heterocycles. The number of hydrogen-bond acceptors (Lipinski definition) is 2. The van der Waals surface area contributed by atoms with Crippen molar-refractivity contribution in [3.05, 3.63) is 46.5 Å². The van der Waals surface area contributed by atoms with Crippen LogP contribution in [0.25, 0.3) is 10.8 Å². The Morgan fingerprint density at radius 3 is 0.945 bits per heavy atom. The zero-order chi connectivity index (χ0) is 39.4. The van der Waals surface area contributed by atoms with E-state index in [-0.39, 0.29) is 11.8 Å². The van der Waals surface area contributed by atoms with E-state index in [1.165, 1.54) is 217 Å². The summed E-state index contributed by atoms with van der Waals surface area (Å²) in [4.78, 5) is 26.7. The molecule has 1 N–H and O–H groups in total. The van der Waals surface area contributed by atoms with Crippen LogP contribution in [0.2, 0.25) is 0 Å². The Kier molecular flexibility index (Phi) is 25.7. The van der Waals surface area contributed by atoms with Crippen molar-refractivity contribution in [3.8, 4) is 0 Å². The molecule has 2 unspecified atom stereocenters. The molecule has 2 aromatic rings. The molecule has 0 spiro atoms. The molecule has 3 rings (SSSR count). The Balaban J connectivity index is 1.75. The third-order valence-electron chi connectivity index (χ3n) is 12.8. The topological polar surface area (TPSA) is 46.2 Å². The largest absolute Gasteiger partial charge is 0.288 e. The van der Waals surface area contributed by atoms with Crippen LogP contribution in [0, 0.1) is 11.8 Å². The van der Waals surface area contributed by atoms with E-state index in [0.29, 0.717) is 23.0 Å². The molecule has 0 fully saturated rings. The van der Waals surface area contributed by atoms with Crippen molar-refractivity contribution in [1.82, 2.24) is 5.32 Å². The van der Waals surface area contributed by atoms with Crippen LogP contribution in [0.5, 0.6) is 0 Å². The van der Waals surface area contributed by atoms with Gasteiger partial charge < -0.3 is 0 Å². The molecule has 0 radical (unpaired) electrons. The van der Waals surface area contributed by atoms with Crippen molar-refractivity contribution in [3.63, 3.8) is 0 Å². The van der Waals surface area contributed by atoms with Crippen molar-refractivity contribution in [2.75, 3.05) is 0 Å². The summed E-state index contributed by atoms with van der Waals surface area (Å²) < 4.78 is 0. The number of carbonyl (C=O) groups excluding carboxylic acids is 2. The number of hydrogen-bond donors (Lipinski definition) is 1. The zero-order valence-electron chi connectivity index (χ0n) is 36.8. The van der Waals surface area contributed by atoms with Crippen LogP contribution in [0.15, 0.2) is 24.3 Å². The predicted molar refractivity (Wildman–Crippen MR) is 241 cm³/mol. The lowest BCUT2D eigenvalue weighted by Gasteiger charge is -2.23. The van der Waals surface area contributed by atoms with Crippen LogP contribution < -0.4 is 5.32 Å². The van der Waals surface area contributed by atoms with Gasteiger partial charge in [0.05, 0.1) is 0 Å². The van der Waals surface area contributed by atoms with E-state index in [2.05, 4.69) is 57.3 Å². The van der Waals surface area contributed by atoms with E-state index in [0.717, 1.165) is 23.6 Å². The van der Waals surface area contributed by atoms with Crippen molar-refractivity contribution >= 4 is 22.6 Å². The molecule has 2 amide bonds. The fourth-order valence-electron chi connectivity index (χ4n) is 9.40. The zero-order valence-corrected chi connectivity index (χ0v) is 36.8. The molecule has 0 bridgehead atoms. The van der Waals surface area contributed by atoms with Crippen LogP contribution in [0.4, 0.5) is 0 Å². The maximum Gasteiger partial charge on any atom is 0.258 e. The van der Waals surface area contributed by atoms with Crippen LogP contribution in [-0.4, -0.2) is 11.8 Å². The molecule has 0 saturated carbocycles. The summed E-state index contributed by atoms with van der Waals surface area (Å²) >= 11 is 0. The summed E-state index contributed by atoms with van der Waals surface area (Å²) in [5.74, 6) is 0.868. The summed E-state index contributed by atoms with van der Waals surface area (Å²) in [6.07, 6.45) is 45.0. The SMILES string of the molecule is CCCCCCCCCCC(CCCCCCCC)Cc1cc2c3c(cc(CC(CCCCCCCC)CCCCCCCCCC)cc3c1)C(=O)NC2=O. The first kappa shape index (κ1) is 47.2. The molecule has 1 aliphatic rings. The van der Waals surface area contributed by atoms with Crippen LogP contribution in [-0.2, 0) is 12.8 Å². The van der Waals surface area contributed by atoms with Crippen molar-refractivity contribution in [2.45, 2.75) is 246 Å². The Morgan fingerprint density at radius 2 is 0.655 bits per heavy atom. The van der Waals surface area contributed by atoms with E-state index in [4.69, 9.17) is 0 Å². The average molecular weight is 758 g/mol. The van der Waals surface area contributed by atoms with Gasteiger partial charge in [0.2, 0.25) is 0 Å².